The molecule has 0 unspecified atom stereocenters. The van der Waals surface area contributed by atoms with E-state index in [4.69, 9.17) is 23.2 Å². The maximum Gasteiger partial charge on any atom is 0.316 e. The fourth-order valence-corrected chi connectivity index (χ4v) is 5.21. The zero-order valence-electron chi connectivity index (χ0n) is 13.9. The molecule has 2 aliphatic rings. The van der Waals surface area contributed by atoms with Crippen LogP contribution >= 0.6 is 35.0 Å². The summed E-state index contributed by atoms with van der Waals surface area (Å²) in [4.78, 5) is 2.19. The number of hydrogen-bond acceptors (Lipinski definition) is 3. The Kier molecular flexibility index (Phi) is 4.49. The zero-order chi connectivity index (χ0) is 17.6. The highest BCUT2D eigenvalue weighted by atomic mass is 35.5. The summed E-state index contributed by atoms with van der Waals surface area (Å²) in [5.74, 6) is 1.05. The van der Waals surface area contributed by atoms with Gasteiger partial charge in [-0.25, -0.2) is 9.48 Å². The lowest BCUT2D eigenvalue weighted by Crippen LogP contribution is -2.41. The van der Waals surface area contributed by atoms with Crippen molar-refractivity contribution in [2.45, 2.75) is 19.1 Å². The number of nitrogens with zero attached hydrogens (tertiary/aromatic N) is 2. The summed E-state index contributed by atoms with van der Waals surface area (Å²) >= 11 is 14.3. The summed E-state index contributed by atoms with van der Waals surface area (Å²) in [6.07, 6.45) is 1.03. The first-order chi connectivity index (χ1) is 12.0. The molecule has 0 spiro atoms. The molecule has 2 aliphatic heterocycles. The first-order valence-corrected chi connectivity index (χ1v) is 10.0. The van der Waals surface area contributed by atoms with Gasteiger partial charge in [0.2, 0.25) is 0 Å². The van der Waals surface area contributed by atoms with Crippen LogP contribution in [0.3, 0.4) is 0 Å². The molecule has 1 atom stereocenters. The van der Waals surface area contributed by atoms with E-state index in [1.807, 2.05) is 6.07 Å². The lowest BCUT2D eigenvalue weighted by molar-refractivity contribution is -0.656. The third kappa shape index (κ3) is 2.95. The number of amidine groups is 1. The molecule has 0 bridgehead atoms. The molecule has 4 rings (SSSR count). The molecule has 0 fully saturated rings. The second-order valence-electron chi connectivity index (χ2n) is 6.50. The highest BCUT2D eigenvalue weighted by Gasteiger charge is 2.54. The molecule has 0 radical (unpaired) electrons. The van der Waals surface area contributed by atoms with Gasteiger partial charge in [-0.2, -0.15) is 0 Å². The Morgan fingerprint density at radius 3 is 2.64 bits per heavy atom. The first kappa shape index (κ1) is 17.2. The molecule has 6 heteroatoms. The van der Waals surface area contributed by atoms with Crippen molar-refractivity contribution in [3.63, 3.8) is 0 Å². The number of anilines is 1. The van der Waals surface area contributed by atoms with Crippen LogP contribution in [0.1, 0.15) is 17.5 Å². The van der Waals surface area contributed by atoms with Crippen LogP contribution in [-0.4, -0.2) is 33.7 Å². The lowest BCUT2D eigenvalue weighted by Gasteiger charge is -2.25. The Bertz CT molecular complexity index is 853. The molecular weight excluding hydrogens is 375 g/mol. The number of benzene rings is 2. The minimum atomic E-state index is -1.16. The summed E-state index contributed by atoms with van der Waals surface area (Å²) in [7, 11) is 0. The maximum absolute atomic E-state index is 11.6. The number of rotatable bonds is 2. The summed E-state index contributed by atoms with van der Waals surface area (Å²) in [6, 6.07) is 13.7. The third-order valence-corrected chi connectivity index (χ3v) is 6.49. The van der Waals surface area contributed by atoms with Crippen LogP contribution in [0.5, 0.6) is 0 Å². The second-order valence-corrected chi connectivity index (χ2v) is 8.40. The number of thioether (sulfide) groups is 1. The molecule has 2 aromatic carbocycles. The van der Waals surface area contributed by atoms with E-state index in [-0.39, 0.29) is 0 Å². The molecule has 0 aromatic heterocycles. The second kappa shape index (κ2) is 6.51. The van der Waals surface area contributed by atoms with E-state index in [0.717, 1.165) is 29.6 Å². The fourth-order valence-electron chi connectivity index (χ4n) is 3.47. The van der Waals surface area contributed by atoms with E-state index >= 15 is 0 Å². The Balaban J connectivity index is 1.82. The zero-order valence-corrected chi connectivity index (χ0v) is 16.2. The average molecular weight is 394 g/mol. The smallest absolute Gasteiger partial charge is 0.316 e. The van der Waals surface area contributed by atoms with Crippen molar-refractivity contribution >= 4 is 45.8 Å². The van der Waals surface area contributed by atoms with E-state index in [9.17, 15) is 5.11 Å². The minimum Gasteiger partial charge on any atom is -0.346 e. The Morgan fingerprint density at radius 2 is 1.92 bits per heavy atom. The van der Waals surface area contributed by atoms with Gasteiger partial charge in [-0.05, 0) is 55.4 Å². The van der Waals surface area contributed by atoms with Crippen molar-refractivity contribution in [3.05, 3.63) is 63.6 Å². The van der Waals surface area contributed by atoms with Crippen molar-refractivity contribution in [1.29, 1.82) is 0 Å². The SMILES string of the molecule is Cc1ccc(N2C[C@@](O)(c3ccc(Cl)cc3Cl)[N+]3=C2SCCC3)cc1. The molecule has 130 valence electrons. The van der Waals surface area contributed by atoms with Crippen LogP contribution in [0.2, 0.25) is 10.0 Å². The number of aliphatic hydroxyl groups is 1. The topological polar surface area (TPSA) is 26.5 Å². The molecular formula is C19H19Cl2N2OS+. The van der Waals surface area contributed by atoms with Crippen LogP contribution in [0.25, 0.3) is 0 Å². The summed E-state index contributed by atoms with van der Waals surface area (Å²) < 4.78 is 2.08. The largest absolute Gasteiger partial charge is 0.346 e. The maximum atomic E-state index is 11.6. The molecule has 0 saturated heterocycles. The molecule has 3 nitrogen and oxygen atoms in total. The van der Waals surface area contributed by atoms with E-state index in [1.165, 1.54) is 5.56 Å². The van der Waals surface area contributed by atoms with Gasteiger partial charge >= 0.3 is 5.17 Å². The van der Waals surface area contributed by atoms with Crippen LogP contribution in [0.4, 0.5) is 5.69 Å². The molecule has 0 saturated carbocycles. The molecule has 2 aromatic rings. The van der Waals surface area contributed by atoms with Gasteiger partial charge in [0, 0.05) is 10.8 Å². The van der Waals surface area contributed by atoms with Crippen LogP contribution < -0.4 is 4.90 Å². The molecule has 0 amide bonds. The Morgan fingerprint density at radius 1 is 1.16 bits per heavy atom. The highest BCUT2D eigenvalue weighted by Crippen LogP contribution is 2.40. The fraction of sp³-hybridized carbons (Fsp3) is 0.316. The van der Waals surface area contributed by atoms with Gasteiger partial charge in [0.25, 0.3) is 5.72 Å². The number of hydrogen-bond donors (Lipinski definition) is 1. The summed E-state index contributed by atoms with van der Waals surface area (Å²) in [5, 5.41) is 13.8. The van der Waals surface area contributed by atoms with Gasteiger partial charge < -0.3 is 5.11 Å². The summed E-state index contributed by atoms with van der Waals surface area (Å²) in [6.45, 7) is 3.33. The Labute approximate surface area is 161 Å². The van der Waals surface area contributed by atoms with Crippen LogP contribution in [0.15, 0.2) is 42.5 Å². The standard InChI is InChI=1S/C19H19Cl2N2OS/c1-13-3-6-15(7-4-13)22-12-19(24,23-9-2-10-25-18(22)23)16-8-5-14(20)11-17(16)21/h3-8,11,24H,2,9-10,12H2,1H3/q+1/t19-/m1/s1. The van der Waals surface area contributed by atoms with Gasteiger partial charge in [0.15, 0.2) is 6.54 Å². The van der Waals surface area contributed by atoms with Crippen LogP contribution in [0, 0.1) is 6.92 Å². The number of β-amino-alcohol motifs (C(OH)–C–C–N with tert-alkyl or cyclic N) is 1. The molecule has 25 heavy (non-hydrogen) atoms. The predicted octanol–water partition coefficient (Wildman–Crippen LogP) is 4.47. The number of halogens is 2. The van der Waals surface area contributed by atoms with E-state index < -0.39 is 5.72 Å². The van der Waals surface area contributed by atoms with Gasteiger partial charge in [0.1, 0.15) is 5.69 Å². The molecule has 2 heterocycles. The minimum absolute atomic E-state index is 0.444. The van der Waals surface area contributed by atoms with Crippen LogP contribution in [-0.2, 0) is 5.72 Å². The van der Waals surface area contributed by atoms with E-state index in [2.05, 4.69) is 40.7 Å². The predicted molar refractivity (Wildman–Crippen MR) is 106 cm³/mol. The summed E-state index contributed by atoms with van der Waals surface area (Å²) in [5.41, 5.74) is 1.85. The lowest BCUT2D eigenvalue weighted by atomic mass is 10.0. The first-order valence-electron chi connectivity index (χ1n) is 8.28. The quantitative estimate of drug-likeness (QED) is 0.762. The van der Waals surface area contributed by atoms with Crippen molar-refractivity contribution < 1.29 is 9.68 Å². The Hall–Kier alpha value is -1.20. The number of aryl methyl sites for hydroxylation is 1. The molecule has 1 N–H and O–H groups in total. The van der Waals surface area contributed by atoms with Gasteiger partial charge in [-0.1, -0.05) is 40.9 Å². The van der Waals surface area contributed by atoms with Crippen molar-refractivity contribution in [2.24, 2.45) is 0 Å². The monoisotopic (exact) mass is 393 g/mol. The van der Waals surface area contributed by atoms with Crippen molar-refractivity contribution in [3.8, 4) is 0 Å². The third-order valence-electron chi connectivity index (χ3n) is 4.75. The van der Waals surface area contributed by atoms with Crippen molar-refractivity contribution in [1.82, 2.24) is 0 Å². The van der Waals surface area contributed by atoms with E-state index in [0.29, 0.717) is 22.2 Å². The van der Waals surface area contributed by atoms with E-state index in [1.54, 1.807) is 23.9 Å². The van der Waals surface area contributed by atoms with Gasteiger partial charge in [-0.15, -0.1) is 0 Å². The average Bonchev–Trinajstić information content (AvgIpc) is 2.90. The van der Waals surface area contributed by atoms with Crippen molar-refractivity contribution in [2.75, 3.05) is 23.7 Å². The normalized spacial score (nSPS) is 23.1. The molecule has 0 aliphatic carbocycles. The van der Waals surface area contributed by atoms with Gasteiger partial charge in [-0.3, -0.25) is 0 Å². The highest BCUT2D eigenvalue weighted by molar-refractivity contribution is 8.13. The van der Waals surface area contributed by atoms with Gasteiger partial charge in [0.05, 0.1) is 17.1 Å².